The predicted molar refractivity (Wildman–Crippen MR) is 113 cm³/mol. The molecule has 0 bridgehead atoms. The topological polar surface area (TPSA) is 74.9 Å². The zero-order chi connectivity index (χ0) is 20.5. The number of ether oxygens (including phenoxy) is 3. The van der Waals surface area contributed by atoms with E-state index < -0.39 is 6.10 Å². The lowest BCUT2D eigenvalue weighted by Gasteiger charge is -2.24. The van der Waals surface area contributed by atoms with Crippen LogP contribution in [0.2, 0.25) is 0 Å². The molecule has 0 N–H and O–H groups in total. The highest BCUT2D eigenvalue weighted by molar-refractivity contribution is 7.15. The summed E-state index contributed by atoms with van der Waals surface area (Å²) in [5.74, 6) is 2.61. The first kappa shape index (κ1) is 18.6. The van der Waals surface area contributed by atoms with Crippen molar-refractivity contribution in [3.63, 3.8) is 0 Å². The third-order valence-electron chi connectivity index (χ3n) is 4.65. The molecule has 5 rings (SSSR count). The number of rotatable bonds is 5. The predicted octanol–water partition coefficient (Wildman–Crippen LogP) is 3.00. The first-order valence-corrected chi connectivity index (χ1v) is 10.6. The van der Waals surface area contributed by atoms with Crippen LogP contribution in [0.4, 0.5) is 0 Å². The van der Waals surface area contributed by atoms with Crippen molar-refractivity contribution < 1.29 is 14.2 Å². The molecule has 7 nitrogen and oxygen atoms in total. The fourth-order valence-electron chi connectivity index (χ4n) is 3.16. The summed E-state index contributed by atoms with van der Waals surface area (Å²) in [6.07, 6.45) is 2.35. The molecule has 0 amide bonds. The number of hydrogen-bond acceptors (Lipinski definition) is 7. The third-order valence-corrected chi connectivity index (χ3v) is 5.60. The maximum atomic E-state index is 12.8. The van der Waals surface area contributed by atoms with Gasteiger partial charge in [-0.15, -0.1) is 5.10 Å². The molecule has 0 aliphatic carbocycles. The van der Waals surface area contributed by atoms with Gasteiger partial charge in [-0.25, -0.2) is 0 Å². The monoisotopic (exact) mass is 421 g/mol. The maximum Gasteiger partial charge on any atom is 0.291 e. The molecule has 0 saturated heterocycles. The van der Waals surface area contributed by atoms with Crippen molar-refractivity contribution in [1.82, 2.24) is 14.6 Å². The molecule has 30 heavy (non-hydrogen) atoms. The summed E-state index contributed by atoms with van der Waals surface area (Å²) >= 11 is 1.30. The van der Waals surface area contributed by atoms with Crippen LogP contribution < -0.4 is 24.3 Å². The molecule has 0 radical (unpaired) electrons. The summed E-state index contributed by atoms with van der Waals surface area (Å²) in [6, 6.07) is 15.1. The molecule has 8 heteroatoms. The van der Waals surface area contributed by atoms with Crippen molar-refractivity contribution in [3.05, 3.63) is 74.8 Å². The first-order valence-electron chi connectivity index (χ1n) is 9.74. The Labute approximate surface area is 176 Å². The number of nitrogens with zero attached hydrogens (tertiary/aromatic N) is 3. The van der Waals surface area contributed by atoms with E-state index in [0.717, 1.165) is 17.7 Å². The summed E-state index contributed by atoms with van der Waals surface area (Å²) in [5, 5.41) is 4.38. The highest BCUT2D eigenvalue weighted by Crippen LogP contribution is 2.35. The highest BCUT2D eigenvalue weighted by atomic mass is 32.1. The van der Waals surface area contributed by atoms with Gasteiger partial charge in [0.1, 0.15) is 12.4 Å². The lowest BCUT2D eigenvalue weighted by Crippen LogP contribution is -2.26. The Morgan fingerprint density at radius 2 is 2.00 bits per heavy atom. The van der Waals surface area contributed by atoms with Crippen molar-refractivity contribution >= 4 is 22.4 Å². The Morgan fingerprint density at radius 1 is 1.20 bits per heavy atom. The van der Waals surface area contributed by atoms with Gasteiger partial charge in [-0.05, 0) is 42.3 Å². The molecular formula is C22H19N3O4S. The second kappa shape index (κ2) is 7.79. The molecule has 152 valence electrons. The summed E-state index contributed by atoms with van der Waals surface area (Å²) in [5.41, 5.74) is 0.721. The average molecular weight is 421 g/mol. The number of para-hydroxylation sites is 2. The maximum absolute atomic E-state index is 12.8. The van der Waals surface area contributed by atoms with E-state index in [9.17, 15) is 4.79 Å². The van der Waals surface area contributed by atoms with E-state index >= 15 is 0 Å². The fraction of sp³-hybridized carbons (Fsp3) is 0.227. The van der Waals surface area contributed by atoms with Gasteiger partial charge >= 0.3 is 0 Å². The second-order valence-corrected chi connectivity index (χ2v) is 7.87. The van der Waals surface area contributed by atoms with Crippen molar-refractivity contribution in [2.75, 3.05) is 13.2 Å². The summed E-state index contributed by atoms with van der Waals surface area (Å²) < 4.78 is 19.2. The molecule has 2 aromatic heterocycles. The Hall–Kier alpha value is -3.39. The first-order chi connectivity index (χ1) is 14.7. The number of fused-ring (bicyclic) bond motifs is 2. The molecule has 1 aliphatic rings. The van der Waals surface area contributed by atoms with Crippen molar-refractivity contribution in [2.24, 2.45) is 0 Å². The van der Waals surface area contributed by atoms with E-state index in [1.165, 1.54) is 15.9 Å². The normalized spacial score (nSPS) is 16.2. The zero-order valence-electron chi connectivity index (χ0n) is 16.3. The molecule has 1 unspecified atom stereocenters. The molecule has 4 aromatic rings. The van der Waals surface area contributed by atoms with Crippen LogP contribution in [0.1, 0.15) is 30.8 Å². The van der Waals surface area contributed by atoms with E-state index in [4.69, 9.17) is 14.2 Å². The molecule has 3 heterocycles. The Morgan fingerprint density at radius 3 is 2.77 bits per heavy atom. The molecule has 0 spiro atoms. The van der Waals surface area contributed by atoms with Crippen LogP contribution in [-0.2, 0) is 0 Å². The van der Waals surface area contributed by atoms with Crippen LogP contribution in [0.25, 0.3) is 11.0 Å². The summed E-state index contributed by atoms with van der Waals surface area (Å²) in [4.78, 5) is 17.8. The van der Waals surface area contributed by atoms with Crippen LogP contribution in [0.5, 0.6) is 17.2 Å². The summed E-state index contributed by atoms with van der Waals surface area (Å²) in [7, 11) is 0. The molecule has 0 saturated carbocycles. The molecule has 2 aromatic carbocycles. The van der Waals surface area contributed by atoms with Crippen LogP contribution in [0, 0.1) is 0 Å². The Balaban J connectivity index is 1.40. The van der Waals surface area contributed by atoms with E-state index in [1.807, 2.05) is 54.6 Å². The van der Waals surface area contributed by atoms with Gasteiger partial charge in [0.15, 0.2) is 23.4 Å². The van der Waals surface area contributed by atoms with Gasteiger partial charge in [0.25, 0.3) is 5.56 Å². The number of hydrogen-bond donors (Lipinski definition) is 0. The lowest BCUT2D eigenvalue weighted by atomic mass is 10.2. The van der Waals surface area contributed by atoms with Crippen LogP contribution in [0.15, 0.2) is 53.3 Å². The van der Waals surface area contributed by atoms with Gasteiger partial charge in [0.2, 0.25) is 4.96 Å². The van der Waals surface area contributed by atoms with Gasteiger partial charge in [0, 0.05) is 0 Å². The Bertz CT molecular complexity index is 1300. The van der Waals surface area contributed by atoms with Crippen LogP contribution >= 0.6 is 11.3 Å². The average Bonchev–Trinajstić information content (AvgIpc) is 3.32. The van der Waals surface area contributed by atoms with Crippen molar-refractivity contribution in [3.8, 4) is 17.2 Å². The van der Waals surface area contributed by atoms with Gasteiger partial charge in [-0.1, -0.05) is 42.5 Å². The minimum atomic E-state index is -0.450. The number of thiazole rings is 1. The molecule has 0 fully saturated rings. The lowest BCUT2D eigenvalue weighted by molar-refractivity contribution is 0.0852. The van der Waals surface area contributed by atoms with Gasteiger partial charge in [-0.3, -0.25) is 4.79 Å². The van der Waals surface area contributed by atoms with Gasteiger partial charge in [-0.2, -0.15) is 9.50 Å². The molecule has 1 atom stereocenters. The SMILES string of the molecule is CCCOc1ccc(C=c2sc3nc(C4COc5ccccc5O4)nn3c2=O)cc1. The zero-order valence-corrected chi connectivity index (χ0v) is 17.1. The molecular weight excluding hydrogens is 402 g/mol. The summed E-state index contributed by atoms with van der Waals surface area (Å²) in [6.45, 7) is 3.05. The largest absolute Gasteiger partial charge is 0.494 e. The van der Waals surface area contributed by atoms with Crippen LogP contribution in [-0.4, -0.2) is 27.8 Å². The standard InChI is InChI=1S/C22H19N3O4S/c1-2-11-27-15-9-7-14(8-10-15)12-19-21(26)25-22(30-19)23-20(24-25)18-13-28-16-5-3-4-6-17(16)29-18/h3-10,12,18H,2,11,13H2,1H3. The van der Waals surface area contributed by atoms with Gasteiger partial charge in [0.05, 0.1) is 11.1 Å². The smallest absolute Gasteiger partial charge is 0.291 e. The van der Waals surface area contributed by atoms with Crippen molar-refractivity contribution in [2.45, 2.75) is 19.4 Å². The quantitative estimate of drug-likeness (QED) is 0.493. The minimum Gasteiger partial charge on any atom is -0.494 e. The second-order valence-electron chi connectivity index (χ2n) is 6.86. The number of benzene rings is 2. The third kappa shape index (κ3) is 3.50. The van der Waals surface area contributed by atoms with E-state index in [0.29, 0.717) is 40.0 Å². The fourth-order valence-corrected chi connectivity index (χ4v) is 4.08. The van der Waals surface area contributed by atoms with Gasteiger partial charge < -0.3 is 14.2 Å². The highest BCUT2D eigenvalue weighted by Gasteiger charge is 2.27. The minimum absolute atomic E-state index is 0.197. The number of aromatic nitrogens is 3. The Kier molecular flexibility index (Phi) is 4.84. The van der Waals surface area contributed by atoms with Crippen LogP contribution in [0.3, 0.4) is 0 Å². The van der Waals surface area contributed by atoms with E-state index in [-0.39, 0.29) is 5.56 Å². The van der Waals surface area contributed by atoms with E-state index in [2.05, 4.69) is 17.0 Å². The van der Waals surface area contributed by atoms with E-state index in [1.54, 1.807) is 0 Å². The molecule has 1 aliphatic heterocycles. The van der Waals surface area contributed by atoms with Crippen molar-refractivity contribution in [1.29, 1.82) is 0 Å².